The minimum atomic E-state index is -0.592. The molecule has 0 saturated heterocycles. The lowest BCUT2D eigenvalue weighted by atomic mass is 10.2. The van der Waals surface area contributed by atoms with Crippen molar-refractivity contribution in [1.82, 2.24) is 15.0 Å². The summed E-state index contributed by atoms with van der Waals surface area (Å²) in [6.45, 7) is 0.570. The van der Waals surface area contributed by atoms with Crippen molar-refractivity contribution in [3.05, 3.63) is 52.6 Å². The van der Waals surface area contributed by atoms with Crippen LogP contribution in [0.5, 0.6) is 0 Å². The summed E-state index contributed by atoms with van der Waals surface area (Å²) in [5.74, 6) is -1.07. The van der Waals surface area contributed by atoms with Gasteiger partial charge in [0, 0.05) is 6.08 Å². The van der Waals surface area contributed by atoms with Crippen LogP contribution in [0.3, 0.4) is 0 Å². The summed E-state index contributed by atoms with van der Waals surface area (Å²) in [5, 5.41) is 9.60. The number of carbonyl (C=O) groups is 2. The first-order valence-corrected chi connectivity index (χ1v) is 9.28. The molecule has 2 heterocycles. The molecule has 9 heteroatoms. The Bertz CT molecular complexity index is 875. The van der Waals surface area contributed by atoms with E-state index < -0.39 is 11.9 Å². The summed E-state index contributed by atoms with van der Waals surface area (Å²) in [6.07, 6.45) is 3.05. The van der Waals surface area contributed by atoms with E-state index in [1.165, 1.54) is 18.9 Å². The molecule has 1 aromatic carbocycles. The number of amides is 1. The Hall–Kier alpha value is -2.39. The van der Waals surface area contributed by atoms with Crippen LogP contribution in [-0.4, -0.2) is 45.3 Å². The van der Waals surface area contributed by atoms with E-state index in [-0.39, 0.29) is 4.91 Å². The van der Waals surface area contributed by atoms with Crippen molar-refractivity contribution in [3.63, 3.8) is 0 Å². The molecule has 0 unspecified atom stereocenters. The molecule has 1 aliphatic rings. The zero-order chi connectivity index (χ0) is 17.8. The van der Waals surface area contributed by atoms with Gasteiger partial charge in [-0.2, -0.15) is 4.99 Å². The number of hydrogen-bond donors (Lipinski definition) is 0. The first-order chi connectivity index (χ1) is 12.1. The van der Waals surface area contributed by atoms with Gasteiger partial charge in [0.1, 0.15) is 10.1 Å². The van der Waals surface area contributed by atoms with Crippen molar-refractivity contribution >= 4 is 40.4 Å². The van der Waals surface area contributed by atoms with E-state index in [0.29, 0.717) is 17.3 Å². The number of rotatable bonds is 5. The Morgan fingerprint density at radius 2 is 2.12 bits per heavy atom. The highest BCUT2D eigenvalue weighted by atomic mass is 32.2. The van der Waals surface area contributed by atoms with Crippen LogP contribution in [0, 0.1) is 0 Å². The normalized spacial score (nSPS) is 15.5. The van der Waals surface area contributed by atoms with Gasteiger partial charge in [-0.1, -0.05) is 47.3 Å². The largest absolute Gasteiger partial charge is 0.466 e. The second kappa shape index (κ2) is 7.66. The summed E-state index contributed by atoms with van der Waals surface area (Å²) in [6, 6.07) is 9.90. The first-order valence-electron chi connectivity index (χ1n) is 7.24. The van der Waals surface area contributed by atoms with E-state index in [2.05, 4.69) is 20.0 Å². The summed E-state index contributed by atoms with van der Waals surface area (Å²) in [7, 11) is 1.26. The third kappa shape index (κ3) is 3.83. The predicted molar refractivity (Wildman–Crippen MR) is 96.6 cm³/mol. The van der Waals surface area contributed by atoms with Crippen LogP contribution in [0.2, 0.25) is 0 Å². The lowest BCUT2D eigenvalue weighted by Gasteiger charge is -2.05. The molecular formula is C16H14N4O3S2. The maximum absolute atomic E-state index is 12.0. The van der Waals surface area contributed by atoms with Crippen molar-refractivity contribution < 1.29 is 14.3 Å². The zero-order valence-electron chi connectivity index (χ0n) is 13.5. The number of ether oxygens (including phenoxy) is 1. The number of thioether (sulfide) groups is 2. The molecular weight excluding hydrogens is 360 g/mol. The first kappa shape index (κ1) is 17.4. The molecule has 1 amide bonds. The van der Waals surface area contributed by atoms with Crippen molar-refractivity contribution in [2.45, 2.75) is 11.6 Å². The van der Waals surface area contributed by atoms with E-state index in [0.717, 1.165) is 28.4 Å². The quantitative estimate of drug-likeness (QED) is 0.450. The Morgan fingerprint density at radius 3 is 2.80 bits per heavy atom. The third-order valence-corrected chi connectivity index (χ3v) is 5.11. The fourth-order valence-corrected chi connectivity index (χ4v) is 3.74. The molecule has 0 bridgehead atoms. The van der Waals surface area contributed by atoms with E-state index in [1.807, 2.05) is 36.6 Å². The summed E-state index contributed by atoms with van der Waals surface area (Å²) in [5.41, 5.74) is 1.63. The molecule has 128 valence electrons. The molecule has 0 fully saturated rings. The molecule has 1 aromatic heterocycles. The second-order valence-corrected chi connectivity index (χ2v) is 6.77. The monoisotopic (exact) mass is 374 g/mol. The number of benzene rings is 1. The van der Waals surface area contributed by atoms with Gasteiger partial charge in [-0.15, -0.1) is 16.9 Å². The van der Waals surface area contributed by atoms with Gasteiger partial charge in [0.15, 0.2) is 5.69 Å². The lowest BCUT2D eigenvalue weighted by molar-refractivity contribution is -0.135. The maximum atomic E-state index is 12.0. The molecule has 0 N–H and O–H groups in total. The van der Waals surface area contributed by atoms with Gasteiger partial charge in [0.05, 0.1) is 18.6 Å². The number of esters is 1. The molecule has 7 nitrogen and oxygen atoms in total. The van der Waals surface area contributed by atoms with Gasteiger partial charge in [0.2, 0.25) is 0 Å². The van der Waals surface area contributed by atoms with Gasteiger partial charge in [-0.05, 0) is 11.8 Å². The Balaban J connectivity index is 1.87. The molecule has 3 rings (SSSR count). The van der Waals surface area contributed by atoms with Crippen LogP contribution in [0.4, 0.5) is 0 Å². The van der Waals surface area contributed by atoms with Crippen molar-refractivity contribution in [2.75, 3.05) is 13.4 Å². The predicted octanol–water partition coefficient (Wildman–Crippen LogP) is 2.13. The van der Waals surface area contributed by atoms with E-state index >= 15 is 0 Å². The number of nitrogens with zero attached hydrogens (tertiary/aromatic N) is 4. The van der Waals surface area contributed by atoms with Gasteiger partial charge in [0.25, 0.3) is 5.91 Å². The van der Waals surface area contributed by atoms with E-state index in [4.69, 9.17) is 0 Å². The van der Waals surface area contributed by atoms with Crippen LogP contribution in [0.15, 0.2) is 51.3 Å². The fraction of sp³-hybridized carbons (Fsp3) is 0.188. The van der Waals surface area contributed by atoms with E-state index in [9.17, 15) is 9.59 Å². The van der Waals surface area contributed by atoms with Crippen molar-refractivity contribution in [2.24, 2.45) is 4.99 Å². The van der Waals surface area contributed by atoms with Crippen molar-refractivity contribution in [3.8, 4) is 0 Å². The molecule has 1 aliphatic heterocycles. The number of aromatic nitrogens is 3. The molecule has 0 aliphatic carbocycles. The highest BCUT2D eigenvalue weighted by Crippen LogP contribution is 2.33. The van der Waals surface area contributed by atoms with Crippen LogP contribution >= 0.6 is 23.5 Å². The number of carbonyl (C=O) groups excluding carboxylic acids is 2. The van der Waals surface area contributed by atoms with Crippen LogP contribution in [-0.2, 0) is 20.9 Å². The van der Waals surface area contributed by atoms with Gasteiger partial charge in [-0.25, -0.2) is 9.48 Å². The molecule has 0 saturated carbocycles. The second-order valence-electron chi connectivity index (χ2n) is 4.95. The highest BCUT2D eigenvalue weighted by Gasteiger charge is 2.28. The minimum Gasteiger partial charge on any atom is -0.466 e. The van der Waals surface area contributed by atoms with Crippen LogP contribution in [0.25, 0.3) is 0 Å². The molecule has 0 radical (unpaired) electrons. The summed E-state index contributed by atoms with van der Waals surface area (Å²) in [4.78, 5) is 27.5. The van der Waals surface area contributed by atoms with Crippen LogP contribution in [0.1, 0.15) is 11.3 Å². The fourth-order valence-electron chi connectivity index (χ4n) is 2.18. The minimum absolute atomic E-state index is 0.214. The summed E-state index contributed by atoms with van der Waals surface area (Å²) >= 11 is 2.57. The highest BCUT2D eigenvalue weighted by molar-refractivity contribution is 8.19. The number of aliphatic imine (C=N–C) groups is 1. The van der Waals surface area contributed by atoms with Gasteiger partial charge >= 0.3 is 5.97 Å². The Kier molecular flexibility index (Phi) is 5.34. The average Bonchev–Trinajstić information content (AvgIpc) is 3.19. The Morgan fingerprint density at radius 1 is 1.36 bits per heavy atom. The molecule has 0 spiro atoms. The van der Waals surface area contributed by atoms with Crippen molar-refractivity contribution in [1.29, 1.82) is 0 Å². The van der Waals surface area contributed by atoms with Gasteiger partial charge < -0.3 is 4.74 Å². The van der Waals surface area contributed by atoms with Crippen LogP contribution < -0.4 is 0 Å². The average molecular weight is 374 g/mol. The molecule has 2 aromatic rings. The lowest BCUT2D eigenvalue weighted by Crippen LogP contribution is -2.04. The number of methoxy groups -OCH3 is 1. The van der Waals surface area contributed by atoms with Gasteiger partial charge in [-0.3, -0.25) is 4.79 Å². The number of hydrogen-bond acceptors (Lipinski definition) is 7. The topological polar surface area (TPSA) is 86.4 Å². The Labute approximate surface area is 152 Å². The smallest absolute Gasteiger partial charge is 0.331 e. The molecule has 0 atom stereocenters. The molecule has 25 heavy (non-hydrogen) atoms. The maximum Gasteiger partial charge on any atom is 0.331 e. The third-order valence-electron chi connectivity index (χ3n) is 3.33. The standard InChI is InChI=1S/C16H14N4O3S2/c1-23-12(21)8-11-14(22)17-15(25-11)13-16(24-2)20(19-18-13)9-10-6-4-3-5-7-10/h3-8H,9H2,1-2H3/b11-8+. The SMILES string of the molecule is COC(=O)/C=C1/SC(c2nnn(Cc3ccccc3)c2SC)=NC1=O. The zero-order valence-corrected chi connectivity index (χ0v) is 15.1. The summed E-state index contributed by atoms with van der Waals surface area (Å²) < 4.78 is 6.32. The van der Waals surface area contributed by atoms with E-state index in [1.54, 1.807) is 4.68 Å².